The lowest BCUT2D eigenvalue weighted by atomic mass is 10.2. The van der Waals surface area contributed by atoms with E-state index in [4.69, 9.17) is 0 Å². The normalized spacial score (nSPS) is 12.0. The van der Waals surface area contributed by atoms with Crippen LogP contribution in [-0.4, -0.2) is 42.7 Å². The van der Waals surface area contributed by atoms with Crippen LogP contribution in [0.2, 0.25) is 0 Å². The van der Waals surface area contributed by atoms with E-state index >= 15 is 0 Å². The van der Waals surface area contributed by atoms with Gasteiger partial charge >= 0.3 is 5.69 Å². The Bertz CT molecular complexity index is 1240. The van der Waals surface area contributed by atoms with Crippen molar-refractivity contribution in [3.8, 4) is 5.75 Å². The number of nitro benzene ring substituents is 1. The van der Waals surface area contributed by atoms with Gasteiger partial charge in [0.15, 0.2) is 11.0 Å². The van der Waals surface area contributed by atoms with Gasteiger partial charge in [-0.25, -0.2) is 5.43 Å². The van der Waals surface area contributed by atoms with Crippen LogP contribution in [0.5, 0.6) is 5.75 Å². The van der Waals surface area contributed by atoms with Gasteiger partial charge in [0.1, 0.15) is 0 Å². The molecule has 11 nitrogen and oxygen atoms in total. The Labute approximate surface area is 220 Å². The number of benzene rings is 2. The Balaban J connectivity index is 1.56. The molecule has 0 fully saturated rings. The molecular formula is C20H19BrIN7O4S. The summed E-state index contributed by atoms with van der Waals surface area (Å²) in [6.07, 6.45) is 1.13. The molecule has 34 heavy (non-hydrogen) atoms. The summed E-state index contributed by atoms with van der Waals surface area (Å²) in [5.74, 6) is -0.224. The molecule has 0 aliphatic carbocycles. The highest BCUT2D eigenvalue weighted by molar-refractivity contribution is 14.1. The Morgan fingerprint density at radius 2 is 2.09 bits per heavy atom. The van der Waals surface area contributed by atoms with Crippen molar-refractivity contribution < 1.29 is 14.8 Å². The molecule has 1 heterocycles. The number of anilines is 1. The largest absolute Gasteiger partial charge is 0.502 e. The Hall–Kier alpha value is -2.72. The molecule has 0 aliphatic rings. The molecule has 2 aromatic carbocycles. The molecule has 1 unspecified atom stereocenters. The number of carbonyl (C=O) groups excluding carboxylic acids is 1. The van der Waals surface area contributed by atoms with Gasteiger partial charge in [-0.2, -0.15) is 5.10 Å². The fourth-order valence-corrected chi connectivity index (χ4v) is 4.40. The van der Waals surface area contributed by atoms with E-state index in [1.807, 2.05) is 42.8 Å². The molecule has 3 aromatic rings. The quantitative estimate of drug-likeness (QED) is 0.102. The van der Waals surface area contributed by atoms with Gasteiger partial charge < -0.3 is 15.0 Å². The zero-order chi connectivity index (χ0) is 24.8. The van der Waals surface area contributed by atoms with E-state index in [1.54, 1.807) is 0 Å². The van der Waals surface area contributed by atoms with Gasteiger partial charge in [-0.05, 0) is 59.8 Å². The van der Waals surface area contributed by atoms with E-state index < -0.39 is 22.3 Å². The summed E-state index contributed by atoms with van der Waals surface area (Å²) < 4.78 is 3.35. The molecule has 14 heteroatoms. The summed E-state index contributed by atoms with van der Waals surface area (Å²) in [6, 6.07) is 10.5. The topological polar surface area (TPSA) is 148 Å². The van der Waals surface area contributed by atoms with Crippen LogP contribution in [0, 0.1) is 13.7 Å². The second-order valence-corrected chi connectivity index (χ2v) is 10.1. The van der Waals surface area contributed by atoms with Gasteiger partial charge in [-0.1, -0.05) is 27.7 Å². The summed E-state index contributed by atoms with van der Waals surface area (Å²) in [5, 5.41) is 37.1. The molecule has 0 saturated heterocycles. The number of hydrogen-bond donors (Lipinski definition) is 3. The monoisotopic (exact) mass is 659 g/mol. The number of nitrogens with zero attached hydrogens (tertiary/aromatic N) is 5. The lowest BCUT2D eigenvalue weighted by Gasteiger charge is -2.14. The molecule has 1 aromatic heterocycles. The number of carbonyl (C=O) groups is 1. The highest BCUT2D eigenvalue weighted by atomic mass is 127. The molecule has 0 aliphatic heterocycles. The van der Waals surface area contributed by atoms with Gasteiger partial charge in [0.2, 0.25) is 5.75 Å². The minimum Gasteiger partial charge on any atom is -0.502 e. The minimum absolute atomic E-state index is 0.0207. The number of rotatable bonds is 9. The number of nitrogens with one attached hydrogen (secondary N) is 2. The average molecular weight is 660 g/mol. The second-order valence-electron chi connectivity index (χ2n) is 6.97. The summed E-state index contributed by atoms with van der Waals surface area (Å²) >= 11 is 6.57. The first kappa shape index (κ1) is 25.9. The summed E-state index contributed by atoms with van der Waals surface area (Å²) in [4.78, 5) is 22.4. The van der Waals surface area contributed by atoms with Crippen LogP contribution >= 0.6 is 50.3 Å². The third-order valence-electron chi connectivity index (χ3n) is 4.49. The Morgan fingerprint density at radius 3 is 2.76 bits per heavy atom. The fourth-order valence-electron chi connectivity index (χ4n) is 2.87. The molecule has 1 amide bonds. The first-order valence-corrected chi connectivity index (χ1v) is 12.5. The third kappa shape index (κ3) is 6.66. The standard InChI is InChI=1S/C20H19BrIN7O4S/c1-11(24-15-5-3-14(22)4-6-15)19-26-27-20(28(19)2)34-10-17(30)25-23-9-12-7-13(21)8-16(18(12)31)29(32)33/h3-9,11,24,31H,10H2,1-2H3,(H,25,30). The third-order valence-corrected chi connectivity index (χ3v) is 6.69. The zero-order valence-electron chi connectivity index (χ0n) is 17.9. The number of aromatic nitrogens is 3. The van der Waals surface area contributed by atoms with Crippen molar-refractivity contribution >= 4 is 73.8 Å². The van der Waals surface area contributed by atoms with E-state index in [2.05, 4.69) is 64.6 Å². The van der Waals surface area contributed by atoms with Gasteiger partial charge in [0.05, 0.1) is 22.9 Å². The highest BCUT2D eigenvalue weighted by Gasteiger charge is 2.18. The molecule has 0 radical (unpaired) electrons. The van der Waals surface area contributed by atoms with Crippen molar-refractivity contribution in [2.45, 2.75) is 18.1 Å². The zero-order valence-corrected chi connectivity index (χ0v) is 22.5. The van der Waals surface area contributed by atoms with E-state index in [-0.39, 0.29) is 17.4 Å². The lowest BCUT2D eigenvalue weighted by molar-refractivity contribution is -0.385. The van der Waals surface area contributed by atoms with E-state index in [0.29, 0.717) is 15.5 Å². The molecule has 0 saturated carbocycles. The SMILES string of the molecule is CC(Nc1ccc(I)cc1)c1nnc(SCC(=O)NN=Cc2cc(Br)cc([N+](=O)[O-])c2O)n1C. The maximum atomic E-state index is 12.2. The van der Waals surface area contributed by atoms with Crippen LogP contribution in [-0.2, 0) is 11.8 Å². The van der Waals surface area contributed by atoms with E-state index in [9.17, 15) is 20.0 Å². The molecule has 1 atom stereocenters. The first-order chi connectivity index (χ1) is 16.2. The van der Waals surface area contributed by atoms with Gasteiger partial charge in [-0.15, -0.1) is 10.2 Å². The predicted molar refractivity (Wildman–Crippen MR) is 141 cm³/mol. The minimum atomic E-state index is -0.710. The number of phenols is 1. The van der Waals surface area contributed by atoms with Crippen molar-refractivity contribution in [1.29, 1.82) is 0 Å². The maximum Gasteiger partial charge on any atom is 0.312 e. The highest BCUT2D eigenvalue weighted by Crippen LogP contribution is 2.32. The number of thioether (sulfide) groups is 1. The Kier molecular flexibility index (Phi) is 8.84. The van der Waals surface area contributed by atoms with Crippen molar-refractivity contribution in [2.75, 3.05) is 11.1 Å². The van der Waals surface area contributed by atoms with E-state index in [1.165, 1.54) is 23.9 Å². The molecule has 3 N–H and O–H groups in total. The molecular weight excluding hydrogens is 641 g/mol. The number of phenolic OH excluding ortho intramolecular Hbond substituents is 1. The van der Waals surface area contributed by atoms with Gasteiger partial charge in [0.25, 0.3) is 5.91 Å². The van der Waals surface area contributed by atoms with Crippen LogP contribution in [0.4, 0.5) is 11.4 Å². The van der Waals surface area contributed by atoms with Gasteiger partial charge in [-0.3, -0.25) is 14.9 Å². The smallest absolute Gasteiger partial charge is 0.312 e. The van der Waals surface area contributed by atoms with Crippen molar-refractivity contribution in [3.05, 3.63) is 65.9 Å². The first-order valence-electron chi connectivity index (χ1n) is 9.68. The maximum absolute atomic E-state index is 12.2. The Morgan fingerprint density at radius 1 is 1.38 bits per heavy atom. The van der Waals surface area contributed by atoms with Crippen molar-refractivity contribution in [2.24, 2.45) is 12.1 Å². The summed E-state index contributed by atoms with van der Waals surface area (Å²) in [7, 11) is 1.82. The van der Waals surface area contributed by atoms with Crippen LogP contribution in [0.1, 0.15) is 24.4 Å². The predicted octanol–water partition coefficient (Wildman–Crippen LogP) is 4.21. The van der Waals surface area contributed by atoms with Crippen LogP contribution in [0.25, 0.3) is 0 Å². The fraction of sp³-hybridized carbons (Fsp3) is 0.200. The van der Waals surface area contributed by atoms with Crippen LogP contribution in [0.3, 0.4) is 0 Å². The summed E-state index contributed by atoms with van der Waals surface area (Å²) in [6.45, 7) is 1.97. The number of hydrazone groups is 1. The van der Waals surface area contributed by atoms with Crippen molar-refractivity contribution in [3.63, 3.8) is 0 Å². The number of hydrogen-bond acceptors (Lipinski definition) is 9. The second kappa shape index (κ2) is 11.6. The molecule has 0 spiro atoms. The summed E-state index contributed by atoms with van der Waals surface area (Å²) in [5.41, 5.74) is 2.90. The number of aromatic hydroxyl groups is 1. The van der Waals surface area contributed by atoms with Crippen LogP contribution in [0.15, 0.2) is 51.1 Å². The molecule has 178 valence electrons. The number of amides is 1. The van der Waals surface area contributed by atoms with Crippen LogP contribution < -0.4 is 10.7 Å². The number of nitro groups is 1. The number of halogens is 2. The average Bonchev–Trinajstić information content (AvgIpc) is 3.16. The van der Waals surface area contributed by atoms with Gasteiger partial charge in [0, 0.05) is 32.4 Å². The lowest BCUT2D eigenvalue weighted by Crippen LogP contribution is -2.20. The molecule has 0 bridgehead atoms. The van der Waals surface area contributed by atoms with Crippen molar-refractivity contribution in [1.82, 2.24) is 20.2 Å². The van der Waals surface area contributed by atoms with E-state index in [0.717, 1.165) is 15.5 Å². The molecule has 3 rings (SSSR count).